The first kappa shape index (κ1) is 9.71. The zero-order valence-corrected chi connectivity index (χ0v) is 8.49. The topological polar surface area (TPSA) is 55.0 Å². The lowest BCUT2D eigenvalue weighted by atomic mass is 10.1. The lowest BCUT2D eigenvalue weighted by Gasteiger charge is -2.02. The number of ether oxygens (including phenoxy) is 1. The van der Waals surface area contributed by atoms with Crippen molar-refractivity contribution in [3.05, 3.63) is 30.1 Å². The smallest absolute Gasteiger partial charge is 0.310 e. The highest BCUT2D eigenvalue weighted by molar-refractivity contribution is 5.83. The highest BCUT2D eigenvalue weighted by Crippen LogP contribution is 2.15. The molecule has 1 N–H and O–H groups in total. The van der Waals surface area contributed by atoms with E-state index in [1.54, 1.807) is 13.1 Å². The minimum absolute atomic E-state index is 0.209. The Balaban J connectivity index is 2.27. The predicted molar refractivity (Wildman–Crippen MR) is 56.4 cm³/mol. The minimum atomic E-state index is -0.209. The van der Waals surface area contributed by atoms with Gasteiger partial charge in [-0.1, -0.05) is 0 Å². The number of aromatic nitrogens is 2. The molecule has 0 bridgehead atoms. The lowest BCUT2D eigenvalue weighted by Crippen LogP contribution is -2.07. The summed E-state index contributed by atoms with van der Waals surface area (Å²) in [6, 6.07) is 3.71. The third-order valence-electron chi connectivity index (χ3n) is 2.18. The Morgan fingerprint density at radius 2 is 2.40 bits per heavy atom. The number of esters is 1. The molecular weight excluding hydrogens is 192 g/mol. The van der Waals surface area contributed by atoms with Crippen LogP contribution in [0.5, 0.6) is 0 Å². The first-order chi connectivity index (χ1) is 7.31. The van der Waals surface area contributed by atoms with E-state index in [1.807, 2.05) is 18.3 Å². The van der Waals surface area contributed by atoms with Crippen LogP contribution in [-0.4, -0.2) is 22.5 Å². The van der Waals surface area contributed by atoms with Crippen molar-refractivity contribution in [1.29, 1.82) is 0 Å². The van der Waals surface area contributed by atoms with Gasteiger partial charge in [-0.15, -0.1) is 0 Å². The van der Waals surface area contributed by atoms with Crippen LogP contribution < -0.4 is 0 Å². The first-order valence-corrected chi connectivity index (χ1v) is 4.88. The van der Waals surface area contributed by atoms with Gasteiger partial charge in [-0.25, -0.2) is 0 Å². The molecule has 0 spiro atoms. The number of pyridine rings is 1. The van der Waals surface area contributed by atoms with Crippen molar-refractivity contribution < 1.29 is 9.53 Å². The van der Waals surface area contributed by atoms with Crippen molar-refractivity contribution in [2.45, 2.75) is 13.3 Å². The quantitative estimate of drug-likeness (QED) is 0.774. The lowest BCUT2D eigenvalue weighted by molar-refractivity contribution is -0.142. The van der Waals surface area contributed by atoms with Gasteiger partial charge in [0.2, 0.25) is 0 Å². The summed E-state index contributed by atoms with van der Waals surface area (Å²) in [5.41, 5.74) is 2.70. The summed E-state index contributed by atoms with van der Waals surface area (Å²) in [6.45, 7) is 2.21. The monoisotopic (exact) mass is 204 g/mol. The summed E-state index contributed by atoms with van der Waals surface area (Å²) in [6.07, 6.45) is 3.80. The second kappa shape index (κ2) is 4.13. The summed E-state index contributed by atoms with van der Waals surface area (Å²) >= 11 is 0. The zero-order valence-electron chi connectivity index (χ0n) is 8.49. The highest BCUT2D eigenvalue weighted by atomic mass is 16.5. The Morgan fingerprint density at radius 3 is 3.20 bits per heavy atom. The van der Waals surface area contributed by atoms with Crippen LogP contribution in [0.2, 0.25) is 0 Å². The van der Waals surface area contributed by atoms with Crippen molar-refractivity contribution in [2.75, 3.05) is 6.61 Å². The fourth-order valence-corrected chi connectivity index (χ4v) is 1.53. The van der Waals surface area contributed by atoms with E-state index in [1.165, 1.54) is 0 Å². The van der Waals surface area contributed by atoms with Crippen molar-refractivity contribution >= 4 is 17.0 Å². The fraction of sp³-hybridized carbons (Fsp3) is 0.273. The van der Waals surface area contributed by atoms with Crippen LogP contribution in [0.1, 0.15) is 12.5 Å². The molecule has 2 heterocycles. The molecule has 0 saturated carbocycles. The number of fused-ring (bicyclic) bond motifs is 1. The van der Waals surface area contributed by atoms with Gasteiger partial charge in [0.15, 0.2) is 0 Å². The highest BCUT2D eigenvalue weighted by Gasteiger charge is 2.08. The molecule has 0 saturated heterocycles. The Hall–Kier alpha value is -1.84. The Kier molecular flexibility index (Phi) is 2.67. The van der Waals surface area contributed by atoms with Gasteiger partial charge in [0, 0.05) is 12.4 Å². The normalized spacial score (nSPS) is 10.5. The van der Waals surface area contributed by atoms with Crippen LogP contribution >= 0.6 is 0 Å². The summed E-state index contributed by atoms with van der Waals surface area (Å²) in [4.78, 5) is 18.6. The molecule has 4 nitrogen and oxygen atoms in total. The van der Waals surface area contributed by atoms with E-state index in [0.717, 1.165) is 16.6 Å². The molecule has 0 amide bonds. The number of carbonyl (C=O) groups excluding carboxylic acids is 1. The van der Waals surface area contributed by atoms with E-state index in [2.05, 4.69) is 9.97 Å². The molecule has 0 aromatic carbocycles. The van der Waals surface area contributed by atoms with Gasteiger partial charge >= 0.3 is 5.97 Å². The molecule has 4 heteroatoms. The van der Waals surface area contributed by atoms with Gasteiger partial charge in [0.1, 0.15) is 0 Å². The van der Waals surface area contributed by atoms with Crippen LogP contribution in [0.3, 0.4) is 0 Å². The zero-order chi connectivity index (χ0) is 10.7. The average molecular weight is 204 g/mol. The third kappa shape index (κ3) is 1.98. The van der Waals surface area contributed by atoms with Crippen molar-refractivity contribution in [3.63, 3.8) is 0 Å². The maximum Gasteiger partial charge on any atom is 0.310 e. The molecule has 15 heavy (non-hydrogen) atoms. The van der Waals surface area contributed by atoms with Gasteiger partial charge < -0.3 is 9.72 Å². The van der Waals surface area contributed by atoms with E-state index in [4.69, 9.17) is 4.74 Å². The van der Waals surface area contributed by atoms with Crippen LogP contribution in [0.15, 0.2) is 24.5 Å². The van der Waals surface area contributed by atoms with Gasteiger partial charge in [-0.3, -0.25) is 9.78 Å². The number of hydrogen-bond acceptors (Lipinski definition) is 3. The van der Waals surface area contributed by atoms with Crippen LogP contribution in [0.25, 0.3) is 11.0 Å². The molecule has 0 radical (unpaired) electrons. The van der Waals surface area contributed by atoms with Crippen LogP contribution in [-0.2, 0) is 16.0 Å². The van der Waals surface area contributed by atoms with Crippen molar-refractivity contribution in [3.8, 4) is 0 Å². The Bertz CT molecular complexity index is 476. The Morgan fingerprint density at radius 1 is 1.53 bits per heavy atom. The molecule has 0 atom stereocenters. The maximum absolute atomic E-state index is 11.3. The molecule has 0 aliphatic heterocycles. The van der Waals surface area contributed by atoms with Crippen molar-refractivity contribution in [1.82, 2.24) is 9.97 Å². The van der Waals surface area contributed by atoms with Crippen LogP contribution in [0.4, 0.5) is 0 Å². The second-order valence-electron chi connectivity index (χ2n) is 3.19. The summed E-state index contributed by atoms with van der Waals surface area (Å²) < 4.78 is 4.90. The SMILES string of the molecule is CCOC(=O)Cc1ccnc2cc[nH]c12. The number of hydrogen-bond donors (Lipinski definition) is 1. The fourth-order valence-electron chi connectivity index (χ4n) is 1.53. The number of aromatic amines is 1. The number of rotatable bonds is 3. The van der Waals surface area contributed by atoms with Gasteiger partial charge in [0.25, 0.3) is 0 Å². The van der Waals surface area contributed by atoms with E-state index in [0.29, 0.717) is 6.61 Å². The molecule has 0 fully saturated rings. The van der Waals surface area contributed by atoms with E-state index in [-0.39, 0.29) is 12.4 Å². The largest absolute Gasteiger partial charge is 0.466 e. The van der Waals surface area contributed by atoms with E-state index < -0.39 is 0 Å². The van der Waals surface area contributed by atoms with E-state index >= 15 is 0 Å². The summed E-state index contributed by atoms with van der Waals surface area (Å²) in [5.74, 6) is -0.209. The van der Waals surface area contributed by atoms with E-state index in [9.17, 15) is 4.79 Å². The molecule has 2 rings (SSSR count). The second-order valence-corrected chi connectivity index (χ2v) is 3.19. The minimum Gasteiger partial charge on any atom is -0.466 e. The summed E-state index contributed by atoms with van der Waals surface area (Å²) in [5, 5.41) is 0. The van der Waals surface area contributed by atoms with Crippen LogP contribution in [0, 0.1) is 0 Å². The molecule has 0 aliphatic carbocycles. The average Bonchev–Trinajstić information content (AvgIpc) is 2.67. The number of nitrogens with one attached hydrogen (secondary N) is 1. The summed E-state index contributed by atoms with van der Waals surface area (Å²) in [7, 11) is 0. The molecule has 2 aromatic rings. The van der Waals surface area contributed by atoms with Gasteiger partial charge in [-0.2, -0.15) is 0 Å². The standard InChI is InChI=1S/C11H12N2O2/c1-2-15-10(14)7-8-3-5-12-9-4-6-13-11(8)9/h3-6,13H,2,7H2,1H3. The number of H-pyrrole nitrogens is 1. The third-order valence-corrected chi connectivity index (χ3v) is 2.18. The molecule has 78 valence electrons. The maximum atomic E-state index is 11.3. The Labute approximate surface area is 87.3 Å². The molecular formula is C11H12N2O2. The molecule has 0 aliphatic rings. The number of nitrogens with zero attached hydrogens (tertiary/aromatic N) is 1. The van der Waals surface area contributed by atoms with Crippen molar-refractivity contribution in [2.24, 2.45) is 0 Å². The predicted octanol–water partition coefficient (Wildman–Crippen LogP) is 1.67. The van der Waals surface area contributed by atoms with Gasteiger partial charge in [0.05, 0.1) is 24.1 Å². The number of carbonyl (C=O) groups is 1. The molecule has 2 aromatic heterocycles. The van der Waals surface area contributed by atoms with Gasteiger partial charge in [-0.05, 0) is 24.6 Å². The first-order valence-electron chi connectivity index (χ1n) is 4.88. The molecule has 0 unspecified atom stereocenters.